The van der Waals surface area contributed by atoms with Crippen molar-refractivity contribution in [3.05, 3.63) is 52.0 Å². The summed E-state index contributed by atoms with van der Waals surface area (Å²) in [6, 6.07) is 10.2. The Morgan fingerprint density at radius 2 is 1.69 bits per heavy atom. The fraction of sp³-hybridized carbons (Fsp3) is 0.368. The zero-order valence-corrected chi connectivity index (χ0v) is 17.5. The Hall–Kier alpha value is -1.27. The van der Waals surface area contributed by atoms with E-state index in [0.29, 0.717) is 18.8 Å². The minimum atomic E-state index is -3.66. The standard InChI is InChI=1S/C19H23Cl2NO3S/c1-4-6-11-22(5-2)26(23,24)15-12-16(20)19(17(21)13-15)25-18-10-8-7-9-14(18)3/h7-10,12-13H,4-6,11H2,1-3H3. The number of nitrogens with zero attached hydrogens (tertiary/aromatic N) is 1. The Labute approximate surface area is 165 Å². The van der Waals surface area contributed by atoms with E-state index in [-0.39, 0.29) is 20.7 Å². The van der Waals surface area contributed by atoms with Gasteiger partial charge in [0.25, 0.3) is 0 Å². The fourth-order valence-electron chi connectivity index (χ4n) is 2.50. The van der Waals surface area contributed by atoms with Gasteiger partial charge in [0.1, 0.15) is 5.75 Å². The second-order valence-electron chi connectivity index (χ2n) is 5.93. The molecule has 0 aliphatic carbocycles. The Balaban J connectivity index is 2.38. The summed E-state index contributed by atoms with van der Waals surface area (Å²) in [7, 11) is -3.66. The highest BCUT2D eigenvalue weighted by molar-refractivity contribution is 7.89. The van der Waals surface area contributed by atoms with E-state index in [1.54, 1.807) is 6.07 Å². The number of unbranched alkanes of at least 4 members (excludes halogenated alkanes) is 1. The summed E-state index contributed by atoms with van der Waals surface area (Å²) in [5.74, 6) is 0.864. The third-order valence-electron chi connectivity index (χ3n) is 4.03. The second-order valence-corrected chi connectivity index (χ2v) is 8.69. The van der Waals surface area contributed by atoms with Gasteiger partial charge in [-0.3, -0.25) is 0 Å². The van der Waals surface area contributed by atoms with Gasteiger partial charge in [0.05, 0.1) is 14.9 Å². The maximum Gasteiger partial charge on any atom is 0.243 e. The van der Waals surface area contributed by atoms with Gasteiger partial charge in [-0.1, -0.05) is 61.7 Å². The molecule has 7 heteroatoms. The second kappa shape index (κ2) is 9.09. The molecule has 0 heterocycles. The van der Waals surface area contributed by atoms with Gasteiger partial charge < -0.3 is 4.74 Å². The zero-order chi connectivity index (χ0) is 19.3. The predicted octanol–water partition coefficient (Wildman–Crippen LogP) is 5.90. The summed E-state index contributed by atoms with van der Waals surface area (Å²) in [6.07, 6.45) is 1.71. The highest BCUT2D eigenvalue weighted by Gasteiger charge is 2.25. The molecule has 0 saturated carbocycles. The minimum Gasteiger partial charge on any atom is -0.454 e. The zero-order valence-electron chi connectivity index (χ0n) is 15.1. The summed E-state index contributed by atoms with van der Waals surface area (Å²) in [4.78, 5) is 0.0718. The normalized spacial score (nSPS) is 11.8. The molecular weight excluding hydrogens is 393 g/mol. The van der Waals surface area contributed by atoms with Gasteiger partial charge in [-0.25, -0.2) is 8.42 Å². The van der Waals surface area contributed by atoms with E-state index in [9.17, 15) is 8.42 Å². The highest BCUT2D eigenvalue weighted by Crippen LogP contribution is 2.39. The number of para-hydroxylation sites is 1. The molecule has 142 valence electrons. The Morgan fingerprint density at radius 1 is 1.08 bits per heavy atom. The van der Waals surface area contributed by atoms with Crippen LogP contribution in [-0.4, -0.2) is 25.8 Å². The van der Waals surface area contributed by atoms with Gasteiger partial charge in [0.15, 0.2) is 5.75 Å². The molecule has 0 N–H and O–H groups in total. The average molecular weight is 416 g/mol. The summed E-state index contributed by atoms with van der Waals surface area (Å²) in [5, 5.41) is 0.316. The number of halogens is 2. The lowest BCUT2D eigenvalue weighted by molar-refractivity contribution is 0.418. The van der Waals surface area contributed by atoms with E-state index >= 15 is 0 Å². The fourth-order valence-corrected chi connectivity index (χ4v) is 4.73. The van der Waals surface area contributed by atoms with Gasteiger partial charge in [-0.2, -0.15) is 4.31 Å². The first kappa shape index (κ1) is 21.0. The lowest BCUT2D eigenvalue weighted by Crippen LogP contribution is -2.31. The molecule has 0 bridgehead atoms. The molecule has 2 aromatic rings. The topological polar surface area (TPSA) is 46.6 Å². The van der Waals surface area contributed by atoms with Crippen molar-refractivity contribution in [1.29, 1.82) is 0 Å². The van der Waals surface area contributed by atoms with E-state index in [4.69, 9.17) is 27.9 Å². The van der Waals surface area contributed by atoms with Gasteiger partial charge >= 0.3 is 0 Å². The lowest BCUT2D eigenvalue weighted by atomic mass is 10.2. The van der Waals surface area contributed by atoms with Crippen molar-refractivity contribution >= 4 is 33.2 Å². The van der Waals surface area contributed by atoms with E-state index in [1.165, 1.54) is 16.4 Å². The molecule has 0 fully saturated rings. The molecule has 26 heavy (non-hydrogen) atoms. The number of ether oxygens (including phenoxy) is 1. The molecule has 2 aromatic carbocycles. The summed E-state index contributed by atoms with van der Waals surface area (Å²) in [5.41, 5.74) is 0.924. The van der Waals surface area contributed by atoms with Crippen LogP contribution in [0.2, 0.25) is 10.0 Å². The van der Waals surface area contributed by atoms with Crippen molar-refractivity contribution < 1.29 is 13.2 Å². The Bertz CT molecular complexity index is 846. The van der Waals surface area contributed by atoms with Gasteiger partial charge in [0.2, 0.25) is 10.0 Å². The maximum absolute atomic E-state index is 12.9. The first-order valence-corrected chi connectivity index (χ1v) is 10.7. The van der Waals surface area contributed by atoms with Crippen LogP contribution < -0.4 is 4.74 Å². The SMILES string of the molecule is CCCCN(CC)S(=O)(=O)c1cc(Cl)c(Oc2ccccc2C)c(Cl)c1. The van der Waals surface area contributed by atoms with E-state index in [0.717, 1.165) is 18.4 Å². The van der Waals surface area contributed by atoms with Gasteiger partial charge in [0, 0.05) is 13.1 Å². The van der Waals surface area contributed by atoms with Crippen LogP contribution in [0.1, 0.15) is 32.3 Å². The first-order chi connectivity index (χ1) is 12.3. The first-order valence-electron chi connectivity index (χ1n) is 8.53. The number of aryl methyl sites for hydroxylation is 1. The van der Waals surface area contributed by atoms with Crippen molar-refractivity contribution in [3.63, 3.8) is 0 Å². The molecule has 0 aliphatic heterocycles. The van der Waals surface area contributed by atoms with Crippen molar-refractivity contribution in [2.45, 2.75) is 38.5 Å². The quantitative estimate of drug-likeness (QED) is 0.538. The highest BCUT2D eigenvalue weighted by atomic mass is 35.5. The van der Waals surface area contributed by atoms with Crippen LogP contribution in [0.5, 0.6) is 11.5 Å². The molecular formula is C19H23Cl2NO3S. The number of hydrogen-bond donors (Lipinski definition) is 0. The summed E-state index contributed by atoms with van der Waals surface area (Å²) in [6.45, 7) is 6.59. The van der Waals surface area contributed by atoms with Crippen LogP contribution in [0.15, 0.2) is 41.3 Å². The van der Waals surface area contributed by atoms with E-state index in [2.05, 4.69) is 0 Å². The molecule has 0 radical (unpaired) electrons. The van der Waals surface area contributed by atoms with E-state index < -0.39 is 10.0 Å². The molecule has 0 aromatic heterocycles. The molecule has 0 spiro atoms. The van der Waals surface area contributed by atoms with Crippen LogP contribution in [0.3, 0.4) is 0 Å². The van der Waals surface area contributed by atoms with Crippen LogP contribution in [0, 0.1) is 6.92 Å². The maximum atomic E-state index is 12.9. The smallest absolute Gasteiger partial charge is 0.243 e. The molecule has 0 unspecified atom stereocenters. The van der Waals surface area contributed by atoms with Crippen LogP contribution in [0.4, 0.5) is 0 Å². The Morgan fingerprint density at radius 3 is 2.23 bits per heavy atom. The number of hydrogen-bond acceptors (Lipinski definition) is 3. The minimum absolute atomic E-state index is 0.0718. The molecule has 0 atom stereocenters. The third-order valence-corrected chi connectivity index (χ3v) is 6.54. The summed E-state index contributed by atoms with van der Waals surface area (Å²) >= 11 is 12.6. The van der Waals surface area contributed by atoms with Crippen LogP contribution in [0.25, 0.3) is 0 Å². The van der Waals surface area contributed by atoms with Gasteiger partial charge in [-0.15, -0.1) is 0 Å². The van der Waals surface area contributed by atoms with Crippen molar-refractivity contribution in [1.82, 2.24) is 4.31 Å². The monoisotopic (exact) mass is 415 g/mol. The molecule has 0 amide bonds. The number of rotatable bonds is 8. The van der Waals surface area contributed by atoms with Crippen molar-refractivity contribution in [2.75, 3.05) is 13.1 Å². The number of sulfonamides is 1. The Kier molecular flexibility index (Phi) is 7.35. The lowest BCUT2D eigenvalue weighted by Gasteiger charge is -2.21. The predicted molar refractivity (Wildman–Crippen MR) is 107 cm³/mol. The summed E-state index contributed by atoms with van der Waals surface area (Å²) < 4.78 is 33.0. The third kappa shape index (κ3) is 4.71. The van der Waals surface area contributed by atoms with Crippen molar-refractivity contribution in [2.24, 2.45) is 0 Å². The van der Waals surface area contributed by atoms with Crippen LogP contribution >= 0.6 is 23.2 Å². The molecule has 2 rings (SSSR count). The van der Waals surface area contributed by atoms with Crippen molar-refractivity contribution in [3.8, 4) is 11.5 Å². The van der Waals surface area contributed by atoms with E-state index in [1.807, 2.05) is 39.0 Å². The van der Waals surface area contributed by atoms with Gasteiger partial charge in [-0.05, 0) is 37.1 Å². The average Bonchev–Trinajstić information content (AvgIpc) is 2.60. The largest absolute Gasteiger partial charge is 0.454 e. The number of benzene rings is 2. The molecule has 4 nitrogen and oxygen atoms in total. The molecule has 0 saturated heterocycles. The van der Waals surface area contributed by atoms with Crippen LogP contribution in [-0.2, 0) is 10.0 Å². The molecule has 0 aliphatic rings.